The Morgan fingerprint density at radius 1 is 1.32 bits per heavy atom. The number of hydrogen-bond acceptors (Lipinski definition) is 4. The molecular weight excluding hydrogens is 284 g/mol. The molecule has 1 aliphatic heterocycles. The first-order valence-corrected chi connectivity index (χ1v) is 7.67. The molecule has 1 aliphatic carbocycles. The van der Waals surface area contributed by atoms with Gasteiger partial charge in [0, 0.05) is 13.1 Å². The van der Waals surface area contributed by atoms with E-state index in [9.17, 15) is 14.7 Å². The molecule has 2 aliphatic rings. The molecule has 118 valence electrons. The van der Waals surface area contributed by atoms with Crippen LogP contribution < -0.4 is 5.32 Å². The van der Waals surface area contributed by atoms with E-state index < -0.39 is 11.9 Å². The van der Waals surface area contributed by atoms with Crippen LogP contribution in [0, 0.1) is 11.8 Å². The number of carboxylic acid groups (broad SMARTS) is 1. The van der Waals surface area contributed by atoms with Gasteiger partial charge in [0.25, 0.3) is 0 Å². The highest BCUT2D eigenvalue weighted by molar-refractivity contribution is 5.88. The molecule has 7 nitrogen and oxygen atoms in total. The number of rotatable bonds is 2. The van der Waals surface area contributed by atoms with Gasteiger partial charge in [0.15, 0.2) is 5.82 Å². The van der Waals surface area contributed by atoms with Crippen LogP contribution in [0.25, 0.3) is 0 Å². The number of anilines is 1. The zero-order valence-electron chi connectivity index (χ0n) is 12.6. The highest BCUT2D eigenvalue weighted by Gasteiger charge is 2.32. The third-order valence-electron chi connectivity index (χ3n) is 4.35. The number of nitrogens with zero attached hydrogens (tertiary/aromatic N) is 3. The Balaban J connectivity index is 1.67. The van der Waals surface area contributed by atoms with E-state index in [2.05, 4.69) is 15.5 Å². The first kappa shape index (κ1) is 14.7. The number of carbonyl (C=O) groups excluding carboxylic acids is 1. The van der Waals surface area contributed by atoms with Crippen LogP contribution >= 0.6 is 0 Å². The molecule has 1 fully saturated rings. The summed E-state index contributed by atoms with van der Waals surface area (Å²) in [4.78, 5) is 25.1. The standard InChI is InChI=1S/C15H20N4O3/c1-9-5-11(14(20)21)8-19(7-9)15(22)16-13-6-10-3-2-4-12(10)17-18-13/h6,9,11H,2-5,7-8H2,1H3,(H,20,21)(H,16,18,22). The van der Waals surface area contributed by atoms with Crippen LogP contribution in [0.3, 0.4) is 0 Å². The Morgan fingerprint density at radius 3 is 2.91 bits per heavy atom. The van der Waals surface area contributed by atoms with Crippen molar-refractivity contribution < 1.29 is 14.7 Å². The Bertz CT molecular complexity index is 604. The lowest BCUT2D eigenvalue weighted by Crippen LogP contribution is -2.47. The lowest BCUT2D eigenvalue weighted by atomic mass is 9.91. The van der Waals surface area contributed by atoms with Gasteiger partial charge in [-0.25, -0.2) is 4.79 Å². The van der Waals surface area contributed by atoms with Gasteiger partial charge < -0.3 is 10.0 Å². The zero-order valence-corrected chi connectivity index (χ0v) is 12.6. The summed E-state index contributed by atoms with van der Waals surface area (Å²) < 4.78 is 0. The van der Waals surface area contributed by atoms with Gasteiger partial charge in [0.05, 0.1) is 11.6 Å². The first-order chi connectivity index (χ1) is 10.5. The topological polar surface area (TPSA) is 95.4 Å². The average Bonchev–Trinajstić information content (AvgIpc) is 2.94. The minimum Gasteiger partial charge on any atom is -0.481 e. The number of amides is 2. The molecule has 0 aromatic carbocycles. The zero-order chi connectivity index (χ0) is 15.7. The number of hydrogen-bond donors (Lipinski definition) is 2. The maximum Gasteiger partial charge on any atom is 0.323 e. The van der Waals surface area contributed by atoms with Gasteiger partial charge in [-0.1, -0.05) is 6.92 Å². The van der Waals surface area contributed by atoms with Crippen LogP contribution in [0.15, 0.2) is 6.07 Å². The second-order valence-corrected chi connectivity index (χ2v) is 6.27. The Labute approximate surface area is 128 Å². The molecule has 2 atom stereocenters. The highest BCUT2D eigenvalue weighted by Crippen LogP contribution is 2.24. The number of urea groups is 1. The molecule has 0 saturated carbocycles. The fourth-order valence-corrected chi connectivity index (χ4v) is 3.27. The van der Waals surface area contributed by atoms with Gasteiger partial charge in [-0.2, -0.15) is 5.10 Å². The van der Waals surface area contributed by atoms with Gasteiger partial charge in [0.1, 0.15) is 0 Å². The van der Waals surface area contributed by atoms with Gasteiger partial charge in [-0.15, -0.1) is 5.10 Å². The van der Waals surface area contributed by atoms with E-state index in [1.54, 1.807) is 4.90 Å². The molecule has 1 aromatic heterocycles. The predicted octanol–water partition coefficient (Wildman–Crippen LogP) is 1.54. The summed E-state index contributed by atoms with van der Waals surface area (Å²) in [6.07, 6.45) is 3.60. The van der Waals surface area contributed by atoms with Crippen molar-refractivity contribution in [2.75, 3.05) is 18.4 Å². The van der Waals surface area contributed by atoms with Gasteiger partial charge in [-0.3, -0.25) is 10.1 Å². The quantitative estimate of drug-likeness (QED) is 0.864. The number of likely N-dealkylation sites (tertiary alicyclic amines) is 1. The molecule has 2 amide bonds. The maximum atomic E-state index is 12.3. The van der Waals surface area contributed by atoms with Crippen molar-refractivity contribution >= 4 is 17.8 Å². The fraction of sp³-hybridized carbons (Fsp3) is 0.600. The number of aromatic nitrogens is 2. The minimum atomic E-state index is -0.846. The normalized spacial score (nSPS) is 24.0. The summed E-state index contributed by atoms with van der Waals surface area (Å²) in [6.45, 7) is 2.77. The van der Waals surface area contributed by atoms with Gasteiger partial charge in [0.2, 0.25) is 0 Å². The number of fused-ring (bicyclic) bond motifs is 1. The molecule has 2 unspecified atom stereocenters. The molecule has 2 heterocycles. The number of aliphatic carboxylic acids is 1. The third-order valence-corrected chi connectivity index (χ3v) is 4.35. The number of aryl methyl sites for hydroxylation is 2. The van der Waals surface area contributed by atoms with Gasteiger partial charge >= 0.3 is 12.0 Å². The molecule has 0 spiro atoms. The smallest absolute Gasteiger partial charge is 0.323 e. The summed E-state index contributed by atoms with van der Waals surface area (Å²) in [5.41, 5.74) is 2.15. The van der Waals surface area contributed by atoms with E-state index >= 15 is 0 Å². The van der Waals surface area contributed by atoms with Crippen LogP contribution in [0.5, 0.6) is 0 Å². The van der Waals surface area contributed by atoms with E-state index in [-0.39, 0.29) is 18.5 Å². The Hall–Kier alpha value is -2.18. The summed E-state index contributed by atoms with van der Waals surface area (Å²) in [5.74, 6) is -0.732. The molecule has 1 saturated heterocycles. The summed E-state index contributed by atoms with van der Waals surface area (Å²) in [7, 11) is 0. The van der Waals surface area contributed by atoms with E-state index in [0.717, 1.165) is 30.5 Å². The van der Waals surface area contributed by atoms with E-state index in [4.69, 9.17) is 0 Å². The summed E-state index contributed by atoms with van der Waals surface area (Å²) in [5, 5.41) is 20.1. The second-order valence-electron chi connectivity index (χ2n) is 6.27. The van der Waals surface area contributed by atoms with Gasteiger partial charge in [-0.05, 0) is 43.2 Å². The number of carbonyl (C=O) groups is 2. The van der Waals surface area contributed by atoms with Crippen molar-refractivity contribution in [2.45, 2.75) is 32.6 Å². The van der Waals surface area contributed by atoms with Crippen molar-refractivity contribution in [3.8, 4) is 0 Å². The average molecular weight is 304 g/mol. The van der Waals surface area contributed by atoms with Crippen molar-refractivity contribution in [1.29, 1.82) is 0 Å². The van der Waals surface area contributed by atoms with Crippen molar-refractivity contribution in [3.05, 3.63) is 17.3 Å². The van der Waals surface area contributed by atoms with Crippen molar-refractivity contribution in [2.24, 2.45) is 11.8 Å². The monoisotopic (exact) mass is 304 g/mol. The molecule has 2 N–H and O–H groups in total. The summed E-state index contributed by atoms with van der Waals surface area (Å²) >= 11 is 0. The van der Waals surface area contributed by atoms with Crippen LogP contribution in [0.4, 0.5) is 10.6 Å². The van der Waals surface area contributed by atoms with Crippen molar-refractivity contribution in [3.63, 3.8) is 0 Å². The molecule has 0 bridgehead atoms. The molecular formula is C15H20N4O3. The number of piperidine rings is 1. The van der Waals surface area contributed by atoms with Crippen molar-refractivity contribution in [1.82, 2.24) is 15.1 Å². The third kappa shape index (κ3) is 3.03. The largest absolute Gasteiger partial charge is 0.481 e. The maximum absolute atomic E-state index is 12.3. The number of carboxylic acids is 1. The molecule has 22 heavy (non-hydrogen) atoms. The highest BCUT2D eigenvalue weighted by atomic mass is 16.4. The molecule has 0 radical (unpaired) electrons. The molecule has 3 rings (SSSR count). The van der Waals surface area contributed by atoms with Crippen LogP contribution in [-0.2, 0) is 17.6 Å². The lowest BCUT2D eigenvalue weighted by molar-refractivity contribution is -0.143. The Morgan fingerprint density at radius 2 is 2.14 bits per heavy atom. The van der Waals surface area contributed by atoms with E-state index in [1.807, 2.05) is 13.0 Å². The van der Waals surface area contributed by atoms with E-state index in [0.29, 0.717) is 18.8 Å². The predicted molar refractivity (Wildman–Crippen MR) is 79.6 cm³/mol. The fourth-order valence-electron chi connectivity index (χ4n) is 3.27. The molecule has 7 heteroatoms. The summed E-state index contributed by atoms with van der Waals surface area (Å²) in [6, 6.07) is 1.57. The van der Waals surface area contributed by atoms with Crippen LogP contribution in [0.2, 0.25) is 0 Å². The SMILES string of the molecule is CC1CC(C(=O)O)CN(C(=O)Nc2cc3c(nn2)CCC3)C1. The van der Waals surface area contributed by atoms with Crippen LogP contribution in [-0.4, -0.2) is 45.3 Å². The minimum absolute atomic E-state index is 0.173. The Kier molecular flexibility index (Phi) is 3.96. The second kappa shape index (κ2) is 5.90. The van der Waals surface area contributed by atoms with E-state index in [1.165, 1.54) is 0 Å². The molecule has 1 aromatic rings. The first-order valence-electron chi connectivity index (χ1n) is 7.67. The number of nitrogens with one attached hydrogen (secondary N) is 1. The van der Waals surface area contributed by atoms with Crippen LogP contribution in [0.1, 0.15) is 31.0 Å². The lowest BCUT2D eigenvalue weighted by Gasteiger charge is -2.34.